The fourth-order valence-corrected chi connectivity index (χ4v) is 7.09. The van der Waals surface area contributed by atoms with Gasteiger partial charge in [0.05, 0.1) is 0 Å². The normalized spacial score (nSPS) is 14.6. The van der Waals surface area contributed by atoms with E-state index in [0.717, 1.165) is 59.2 Å². The molecule has 0 aromatic heterocycles. The Morgan fingerprint density at radius 2 is 1.69 bits per heavy atom. The molecule has 1 aliphatic rings. The molecule has 1 aliphatic heterocycles. The van der Waals surface area contributed by atoms with Crippen LogP contribution in [-0.4, -0.2) is 58.0 Å². The van der Waals surface area contributed by atoms with Crippen LogP contribution in [0.25, 0.3) is 11.1 Å². The molecule has 0 bridgehead atoms. The molecule has 0 radical (unpaired) electrons. The zero-order valence-corrected chi connectivity index (χ0v) is 25.7. The van der Waals surface area contributed by atoms with Crippen LogP contribution in [0.3, 0.4) is 0 Å². The summed E-state index contributed by atoms with van der Waals surface area (Å²) in [5.41, 5.74) is 4.56. The molecule has 0 spiro atoms. The lowest BCUT2D eigenvalue weighted by atomic mass is 9.93. The van der Waals surface area contributed by atoms with Crippen molar-refractivity contribution in [3.8, 4) is 11.1 Å². The summed E-state index contributed by atoms with van der Waals surface area (Å²) in [5.74, 6) is 0.676. The van der Waals surface area contributed by atoms with Gasteiger partial charge in [-0.25, -0.2) is 13.6 Å². The quantitative estimate of drug-likeness (QED) is 0.216. The van der Waals surface area contributed by atoms with Crippen LogP contribution in [0.5, 0.6) is 0 Å². The van der Waals surface area contributed by atoms with Gasteiger partial charge in [0.2, 0.25) is 0 Å². The number of thioether (sulfide) groups is 2. The summed E-state index contributed by atoms with van der Waals surface area (Å²) in [6.45, 7) is 3.72. The van der Waals surface area contributed by atoms with E-state index in [0.29, 0.717) is 42.3 Å². The molecule has 3 aromatic carbocycles. The van der Waals surface area contributed by atoms with Gasteiger partial charge in [-0.1, -0.05) is 30.3 Å². The number of halogens is 2. The first kappa shape index (κ1) is 32.0. The number of nitrogens with one attached hydrogen (secondary N) is 1. The maximum absolute atomic E-state index is 14.0. The predicted molar refractivity (Wildman–Crippen MR) is 169 cm³/mol. The number of hydrogen-bond donors (Lipinski definition) is 2. The summed E-state index contributed by atoms with van der Waals surface area (Å²) >= 11 is 3.49. The van der Waals surface area contributed by atoms with Gasteiger partial charge in [0.15, 0.2) is 0 Å². The number of carbonyl (C=O) groups excluding carboxylic acids is 1. The second-order valence-corrected chi connectivity index (χ2v) is 13.1. The molecule has 1 fully saturated rings. The number of amides is 1. The van der Waals surface area contributed by atoms with Crippen LogP contribution in [-0.2, 0) is 17.9 Å². The van der Waals surface area contributed by atoms with Gasteiger partial charge in [0.25, 0.3) is 5.91 Å². The number of aryl methyl sites for hydroxylation is 1. The van der Waals surface area contributed by atoms with Crippen molar-refractivity contribution in [2.45, 2.75) is 45.3 Å². The zero-order valence-electron chi connectivity index (χ0n) is 24.1. The highest BCUT2D eigenvalue weighted by molar-refractivity contribution is 7.99. The molecule has 1 unspecified atom stereocenters. The van der Waals surface area contributed by atoms with E-state index in [2.05, 4.69) is 10.2 Å². The fraction of sp³-hybridized carbons (Fsp3) is 0.394. The van der Waals surface area contributed by atoms with Crippen LogP contribution < -0.4 is 5.32 Å². The summed E-state index contributed by atoms with van der Waals surface area (Å²) in [6, 6.07) is 16.1. The first-order valence-corrected chi connectivity index (χ1v) is 16.7. The van der Waals surface area contributed by atoms with Gasteiger partial charge in [-0.15, -0.1) is 0 Å². The SMILES string of the molecule is CSCCC(NC(=O)c1ccc(CN(Cc2cc(F)cc(F)c2)CC2CCSCC2)cc1-c1ccccc1C)C(=O)O. The summed E-state index contributed by atoms with van der Waals surface area (Å²) in [4.78, 5) is 27.5. The molecule has 1 heterocycles. The molecular formula is C33H38F2N2O3S2. The Bertz CT molecular complexity index is 1360. The first-order chi connectivity index (χ1) is 20.2. The van der Waals surface area contributed by atoms with Gasteiger partial charge < -0.3 is 10.4 Å². The molecule has 0 aliphatic carbocycles. The molecule has 224 valence electrons. The molecule has 1 atom stereocenters. The number of carboxylic acid groups (broad SMARTS) is 1. The van der Waals surface area contributed by atoms with Gasteiger partial charge in [0, 0.05) is 31.3 Å². The van der Waals surface area contributed by atoms with E-state index in [-0.39, 0.29) is 0 Å². The third kappa shape index (κ3) is 9.06. The Morgan fingerprint density at radius 1 is 1.00 bits per heavy atom. The lowest BCUT2D eigenvalue weighted by molar-refractivity contribution is -0.139. The Balaban J connectivity index is 1.66. The first-order valence-electron chi connectivity index (χ1n) is 14.2. The summed E-state index contributed by atoms with van der Waals surface area (Å²) in [5, 5.41) is 12.4. The minimum atomic E-state index is -1.06. The van der Waals surface area contributed by atoms with Crippen molar-refractivity contribution in [1.82, 2.24) is 10.2 Å². The van der Waals surface area contributed by atoms with Crippen molar-refractivity contribution in [2.24, 2.45) is 5.92 Å². The van der Waals surface area contributed by atoms with Crippen LogP contribution in [0.2, 0.25) is 0 Å². The fourth-order valence-electron chi connectivity index (χ4n) is 5.41. The maximum Gasteiger partial charge on any atom is 0.326 e. The van der Waals surface area contributed by atoms with Crippen LogP contribution in [0, 0.1) is 24.5 Å². The number of rotatable bonds is 13. The average Bonchev–Trinajstić information content (AvgIpc) is 2.95. The third-order valence-corrected chi connectivity index (χ3v) is 9.26. The van der Waals surface area contributed by atoms with Crippen molar-refractivity contribution in [2.75, 3.05) is 30.1 Å². The molecule has 5 nitrogen and oxygen atoms in total. The molecule has 0 saturated carbocycles. The van der Waals surface area contributed by atoms with Crippen LogP contribution in [0.4, 0.5) is 8.78 Å². The molecule has 1 amide bonds. The van der Waals surface area contributed by atoms with E-state index in [9.17, 15) is 23.5 Å². The molecule has 42 heavy (non-hydrogen) atoms. The summed E-state index contributed by atoms with van der Waals surface area (Å²) in [6.07, 6.45) is 4.44. The third-order valence-electron chi connectivity index (χ3n) is 7.57. The maximum atomic E-state index is 14.0. The number of aliphatic carboxylic acids is 1. The molecule has 4 rings (SSSR count). The minimum Gasteiger partial charge on any atom is -0.480 e. The van der Waals surface area contributed by atoms with Gasteiger partial charge >= 0.3 is 5.97 Å². The molecular weight excluding hydrogens is 575 g/mol. The topological polar surface area (TPSA) is 69.6 Å². The standard InChI is InChI=1S/C33H38F2N2O3S2/c1-22-5-3-4-6-28(22)30-17-24(7-8-29(30)32(38)36-31(33(39)40)11-12-41-2)20-37(19-23-9-13-42-14-10-23)21-25-15-26(34)18-27(35)16-25/h3-8,15-18,23,31H,9-14,19-21H2,1-2H3,(H,36,38)(H,39,40). The van der Waals surface area contributed by atoms with E-state index in [4.69, 9.17) is 0 Å². The molecule has 2 N–H and O–H groups in total. The number of nitrogens with zero attached hydrogens (tertiary/aromatic N) is 1. The van der Waals surface area contributed by atoms with Gasteiger partial charge in [-0.3, -0.25) is 9.69 Å². The molecule has 3 aromatic rings. The highest BCUT2D eigenvalue weighted by Gasteiger charge is 2.24. The highest BCUT2D eigenvalue weighted by Crippen LogP contribution is 2.30. The van der Waals surface area contributed by atoms with Gasteiger partial charge in [-0.05, 0) is 108 Å². The predicted octanol–water partition coefficient (Wildman–Crippen LogP) is 7.02. The van der Waals surface area contributed by atoms with E-state index in [1.165, 1.54) is 23.9 Å². The van der Waals surface area contributed by atoms with Crippen LogP contribution in [0.1, 0.15) is 46.3 Å². The van der Waals surface area contributed by atoms with Gasteiger partial charge in [0.1, 0.15) is 17.7 Å². The van der Waals surface area contributed by atoms with E-state index >= 15 is 0 Å². The van der Waals surface area contributed by atoms with E-state index in [1.54, 1.807) is 6.07 Å². The smallest absolute Gasteiger partial charge is 0.326 e. The lowest BCUT2D eigenvalue weighted by Gasteiger charge is -2.30. The summed E-state index contributed by atoms with van der Waals surface area (Å²) in [7, 11) is 0. The Labute approximate surface area is 255 Å². The Hall–Kier alpha value is -2.88. The van der Waals surface area contributed by atoms with Crippen molar-refractivity contribution in [1.29, 1.82) is 0 Å². The number of carbonyl (C=O) groups is 2. The number of carboxylic acids is 1. The zero-order chi connectivity index (χ0) is 30.1. The molecule has 1 saturated heterocycles. The monoisotopic (exact) mass is 612 g/mol. The van der Waals surface area contributed by atoms with Crippen molar-refractivity contribution in [3.63, 3.8) is 0 Å². The largest absolute Gasteiger partial charge is 0.480 e. The van der Waals surface area contributed by atoms with E-state index in [1.807, 2.05) is 61.3 Å². The minimum absolute atomic E-state index is 0.329. The summed E-state index contributed by atoms with van der Waals surface area (Å²) < 4.78 is 28.1. The van der Waals surface area contributed by atoms with E-state index < -0.39 is 29.6 Å². The van der Waals surface area contributed by atoms with Crippen LogP contribution in [0.15, 0.2) is 60.7 Å². The second-order valence-electron chi connectivity index (χ2n) is 10.8. The van der Waals surface area contributed by atoms with Crippen molar-refractivity contribution >= 4 is 35.4 Å². The highest BCUT2D eigenvalue weighted by atomic mass is 32.2. The lowest BCUT2D eigenvalue weighted by Crippen LogP contribution is -2.41. The number of hydrogen-bond acceptors (Lipinski definition) is 5. The van der Waals surface area contributed by atoms with Gasteiger partial charge in [-0.2, -0.15) is 23.5 Å². The van der Waals surface area contributed by atoms with Crippen molar-refractivity contribution in [3.05, 3.63) is 94.6 Å². The van der Waals surface area contributed by atoms with Crippen LogP contribution >= 0.6 is 23.5 Å². The van der Waals surface area contributed by atoms with Crippen molar-refractivity contribution < 1.29 is 23.5 Å². The second kappa shape index (κ2) is 15.5. The Kier molecular flexibility index (Phi) is 11.9. The average molecular weight is 613 g/mol. The number of benzene rings is 3. The molecule has 9 heteroatoms. The Morgan fingerprint density at radius 3 is 2.36 bits per heavy atom.